The number of aliphatic hydroxyl groups excluding tert-OH is 1. The molecule has 4 aromatic rings. The molecule has 1 aromatic heterocycles. The summed E-state index contributed by atoms with van der Waals surface area (Å²) < 4.78 is 16.8. The van der Waals surface area contributed by atoms with E-state index in [0.717, 1.165) is 11.1 Å². The molecule has 2 amide bonds. The van der Waals surface area contributed by atoms with Crippen LogP contribution in [-0.2, 0) is 36.8 Å². The highest BCUT2D eigenvalue weighted by atomic mass is 19.1. The number of fused-ring (bicyclic) bond motifs is 1. The van der Waals surface area contributed by atoms with Gasteiger partial charge in [-0.2, -0.15) is 0 Å². The molecular formula is C38H43FN6O4. The normalized spacial score (nSPS) is 13.2. The number of benzene rings is 3. The second-order valence-electron chi connectivity index (χ2n) is 13.5. The van der Waals surface area contributed by atoms with E-state index in [2.05, 4.69) is 15.6 Å². The highest BCUT2D eigenvalue weighted by molar-refractivity contribution is 6.09. The summed E-state index contributed by atoms with van der Waals surface area (Å²) >= 11 is 0. The number of aliphatic hydroxyl groups is 1. The predicted octanol–water partition coefficient (Wildman–Crippen LogP) is 5.06. The van der Waals surface area contributed by atoms with E-state index in [4.69, 9.17) is 0 Å². The number of anilines is 3. The molecule has 0 spiro atoms. The van der Waals surface area contributed by atoms with E-state index in [1.807, 2.05) is 64.0 Å². The summed E-state index contributed by atoms with van der Waals surface area (Å²) in [6.07, 6.45) is 5.31. The van der Waals surface area contributed by atoms with Gasteiger partial charge in [-0.15, -0.1) is 0 Å². The molecule has 0 atom stereocenters. The number of nitrogens with one attached hydrogen (secondary N) is 2. The highest BCUT2D eigenvalue weighted by Crippen LogP contribution is 2.36. The summed E-state index contributed by atoms with van der Waals surface area (Å²) in [6, 6.07) is 15.9. The van der Waals surface area contributed by atoms with E-state index in [1.165, 1.54) is 21.6 Å². The summed E-state index contributed by atoms with van der Waals surface area (Å²) in [7, 11) is 5.45. The maximum Gasteiger partial charge on any atom is 0.293 e. The van der Waals surface area contributed by atoms with Crippen LogP contribution in [0.15, 0.2) is 77.7 Å². The molecule has 0 unspecified atom stereocenters. The number of nitrogens with zero attached hydrogens (tertiary/aromatic N) is 4. The molecule has 3 N–H and O–H groups in total. The molecule has 11 heteroatoms. The smallest absolute Gasteiger partial charge is 0.293 e. The number of hydrogen-bond donors (Lipinski definition) is 3. The highest BCUT2D eigenvalue weighted by Gasteiger charge is 2.32. The molecule has 0 saturated heterocycles. The van der Waals surface area contributed by atoms with Crippen molar-refractivity contribution in [3.8, 4) is 11.3 Å². The molecule has 0 saturated carbocycles. The van der Waals surface area contributed by atoms with Crippen molar-refractivity contribution in [3.05, 3.63) is 117 Å². The van der Waals surface area contributed by atoms with Gasteiger partial charge in [0.15, 0.2) is 5.82 Å². The van der Waals surface area contributed by atoms with Crippen LogP contribution in [0.1, 0.15) is 53.4 Å². The van der Waals surface area contributed by atoms with Gasteiger partial charge in [0, 0.05) is 55.8 Å². The number of likely N-dealkylation sites (N-methyl/N-ethyl adjacent to an activating group) is 1. The summed E-state index contributed by atoms with van der Waals surface area (Å²) in [5.74, 6) is -1.18. The molecule has 1 aliphatic rings. The van der Waals surface area contributed by atoms with Gasteiger partial charge in [0.05, 0.1) is 23.6 Å². The van der Waals surface area contributed by atoms with Gasteiger partial charge in [0.25, 0.3) is 11.5 Å². The van der Waals surface area contributed by atoms with Crippen molar-refractivity contribution < 1.29 is 19.1 Å². The van der Waals surface area contributed by atoms with Crippen LogP contribution in [-0.4, -0.2) is 58.6 Å². The maximum absolute atomic E-state index is 15.4. The van der Waals surface area contributed by atoms with Crippen LogP contribution in [0, 0.1) is 5.82 Å². The number of aryl methyl sites for hydroxylation is 1. The van der Waals surface area contributed by atoms with E-state index in [1.54, 1.807) is 43.6 Å². The fraction of sp³-hybridized carbons (Fsp3) is 0.316. The van der Waals surface area contributed by atoms with Crippen LogP contribution in [0.2, 0.25) is 0 Å². The molecule has 256 valence electrons. The monoisotopic (exact) mass is 666 g/mol. The minimum absolute atomic E-state index is 0.0443. The fourth-order valence-corrected chi connectivity index (χ4v) is 5.80. The summed E-state index contributed by atoms with van der Waals surface area (Å²) in [4.78, 5) is 47.2. The Morgan fingerprint density at radius 3 is 2.57 bits per heavy atom. The topological polar surface area (TPSA) is 120 Å². The summed E-state index contributed by atoms with van der Waals surface area (Å²) in [6.45, 7) is 6.85. The summed E-state index contributed by atoms with van der Waals surface area (Å²) in [5, 5.41) is 16.6. The second-order valence-corrected chi connectivity index (χ2v) is 13.5. The van der Waals surface area contributed by atoms with Crippen LogP contribution in [0.25, 0.3) is 11.3 Å². The third kappa shape index (κ3) is 7.96. The van der Waals surface area contributed by atoms with Gasteiger partial charge in [-0.25, -0.2) is 9.37 Å². The van der Waals surface area contributed by atoms with Crippen LogP contribution in [0.5, 0.6) is 0 Å². The maximum atomic E-state index is 15.4. The lowest BCUT2D eigenvalue weighted by Crippen LogP contribution is -2.39. The third-order valence-electron chi connectivity index (χ3n) is 8.45. The Hall–Kier alpha value is -5.13. The van der Waals surface area contributed by atoms with Gasteiger partial charge < -0.3 is 30.1 Å². The van der Waals surface area contributed by atoms with Crippen molar-refractivity contribution in [2.45, 2.75) is 45.8 Å². The van der Waals surface area contributed by atoms with E-state index in [0.29, 0.717) is 59.8 Å². The predicted molar refractivity (Wildman–Crippen MR) is 191 cm³/mol. The Labute approximate surface area is 285 Å². The Morgan fingerprint density at radius 2 is 1.86 bits per heavy atom. The zero-order valence-corrected chi connectivity index (χ0v) is 28.8. The minimum atomic E-state index is -0.558. The van der Waals surface area contributed by atoms with Crippen molar-refractivity contribution in [2.75, 3.05) is 37.4 Å². The quantitative estimate of drug-likeness (QED) is 0.203. The standard InChI is InChI=1S/C38H43FN6O4/c1-38(2,3)26-19-25-15-17-45(36(48)34(25)30(39)20-26)32-13-8-12-28(29(32)23-46)31-22-44(6)37(49)35(42-31)41-27-11-7-10-24(18-27)21-40-33(47)14-9-16-43(4)5/h7-14,18-20,22,46H,15-17,21,23H2,1-6H3,(H,40,47)(H,41,42). The van der Waals surface area contributed by atoms with Crippen molar-refractivity contribution >= 4 is 29.0 Å². The molecule has 10 nitrogen and oxygen atoms in total. The first kappa shape index (κ1) is 35.2. The van der Waals surface area contributed by atoms with E-state index < -0.39 is 18.3 Å². The van der Waals surface area contributed by atoms with Crippen LogP contribution in [0.4, 0.5) is 21.6 Å². The molecule has 0 bridgehead atoms. The number of carbonyl (C=O) groups excluding carboxylic acids is 2. The number of halogens is 1. The molecule has 1 aliphatic heterocycles. The lowest BCUT2D eigenvalue weighted by atomic mass is 9.83. The lowest BCUT2D eigenvalue weighted by Gasteiger charge is -2.32. The van der Waals surface area contributed by atoms with Crippen molar-refractivity contribution in [2.24, 2.45) is 7.05 Å². The van der Waals surface area contributed by atoms with Crippen molar-refractivity contribution in [3.63, 3.8) is 0 Å². The van der Waals surface area contributed by atoms with Gasteiger partial charge in [-0.05, 0) is 66.9 Å². The first-order valence-electron chi connectivity index (χ1n) is 16.2. The fourth-order valence-electron chi connectivity index (χ4n) is 5.80. The third-order valence-corrected chi connectivity index (χ3v) is 8.45. The van der Waals surface area contributed by atoms with E-state index >= 15 is 4.39 Å². The minimum Gasteiger partial charge on any atom is -0.392 e. The molecule has 0 aliphatic carbocycles. The molecule has 5 rings (SSSR count). The number of amides is 2. The zero-order valence-electron chi connectivity index (χ0n) is 28.8. The van der Waals surface area contributed by atoms with Gasteiger partial charge >= 0.3 is 0 Å². The Kier molecular flexibility index (Phi) is 10.4. The molecule has 3 aromatic carbocycles. The van der Waals surface area contributed by atoms with Gasteiger partial charge in [0.2, 0.25) is 5.91 Å². The second kappa shape index (κ2) is 14.6. The number of rotatable bonds is 10. The average Bonchev–Trinajstić information content (AvgIpc) is 3.05. The average molecular weight is 667 g/mol. The molecule has 0 fully saturated rings. The Bertz CT molecular complexity index is 1980. The summed E-state index contributed by atoms with van der Waals surface area (Å²) in [5.41, 5.74) is 4.13. The van der Waals surface area contributed by atoms with Crippen molar-refractivity contribution in [1.82, 2.24) is 19.8 Å². The number of carbonyl (C=O) groups is 2. The number of hydrogen-bond acceptors (Lipinski definition) is 7. The first-order chi connectivity index (χ1) is 23.3. The van der Waals surface area contributed by atoms with Crippen LogP contribution < -0.4 is 21.1 Å². The first-order valence-corrected chi connectivity index (χ1v) is 16.2. The number of aromatic nitrogens is 2. The largest absolute Gasteiger partial charge is 0.392 e. The Morgan fingerprint density at radius 1 is 1.10 bits per heavy atom. The lowest BCUT2D eigenvalue weighted by molar-refractivity contribution is -0.116. The van der Waals surface area contributed by atoms with E-state index in [9.17, 15) is 19.5 Å². The van der Waals surface area contributed by atoms with Crippen LogP contribution >= 0.6 is 0 Å². The van der Waals surface area contributed by atoms with Crippen molar-refractivity contribution in [1.29, 1.82) is 0 Å². The van der Waals surface area contributed by atoms with Gasteiger partial charge in [-0.1, -0.05) is 57.2 Å². The van der Waals surface area contributed by atoms with Crippen LogP contribution in [0.3, 0.4) is 0 Å². The molecule has 0 radical (unpaired) electrons. The van der Waals surface area contributed by atoms with Gasteiger partial charge in [0.1, 0.15) is 5.82 Å². The molecule has 49 heavy (non-hydrogen) atoms. The van der Waals surface area contributed by atoms with Gasteiger partial charge in [-0.3, -0.25) is 14.4 Å². The van der Waals surface area contributed by atoms with E-state index in [-0.39, 0.29) is 28.3 Å². The zero-order chi connectivity index (χ0) is 35.5. The SMILES string of the molecule is CN(C)CC=CC(=O)NCc1cccc(Nc2nc(-c3cccc(N4CCc5cc(C(C)(C)C)cc(F)c5C4=O)c3CO)cn(C)c2=O)c1. The molecule has 2 heterocycles. The molecular weight excluding hydrogens is 623 g/mol. The Balaban J connectivity index is 1.42.